The largest absolute Gasteiger partial charge is 0.464 e. The number of carbonyl (C=O) groups excluding carboxylic acids is 2. The highest BCUT2D eigenvalue weighted by Gasteiger charge is 2.22. The molecule has 1 heterocycles. The summed E-state index contributed by atoms with van der Waals surface area (Å²) in [4.78, 5) is 27.5. The summed E-state index contributed by atoms with van der Waals surface area (Å²) in [6.45, 7) is 1.36. The molecule has 0 aliphatic heterocycles. The first-order valence-corrected chi connectivity index (χ1v) is 7.31. The van der Waals surface area contributed by atoms with E-state index in [0.29, 0.717) is 20.9 Å². The van der Waals surface area contributed by atoms with Crippen LogP contribution in [0.3, 0.4) is 0 Å². The van der Waals surface area contributed by atoms with E-state index in [1.54, 1.807) is 18.2 Å². The Labute approximate surface area is 134 Å². The lowest BCUT2D eigenvalue weighted by atomic mass is 10.3. The SMILES string of the molecule is COC(=O)c1nc(Nc2cc(Cl)ccc2Cl)sc1C(C)=O. The molecule has 0 aliphatic rings. The number of benzene rings is 1. The van der Waals surface area contributed by atoms with Gasteiger partial charge in [0.1, 0.15) is 4.88 Å². The molecular formula is C13H10Cl2N2O3S. The number of halogens is 2. The van der Waals surface area contributed by atoms with E-state index in [9.17, 15) is 9.59 Å². The zero-order valence-electron chi connectivity index (χ0n) is 11.1. The molecule has 110 valence electrons. The van der Waals surface area contributed by atoms with Crippen LogP contribution in [0, 0.1) is 0 Å². The molecular weight excluding hydrogens is 335 g/mol. The number of esters is 1. The zero-order chi connectivity index (χ0) is 15.6. The normalized spacial score (nSPS) is 10.3. The fourth-order valence-electron chi connectivity index (χ4n) is 1.56. The average Bonchev–Trinajstić information content (AvgIpc) is 2.86. The minimum atomic E-state index is -0.665. The van der Waals surface area contributed by atoms with Gasteiger partial charge in [0.05, 0.1) is 17.8 Å². The number of hydrogen-bond acceptors (Lipinski definition) is 6. The fraction of sp³-hybridized carbons (Fsp3) is 0.154. The van der Waals surface area contributed by atoms with E-state index in [1.807, 2.05) is 0 Å². The van der Waals surface area contributed by atoms with Gasteiger partial charge in [-0.05, 0) is 18.2 Å². The Morgan fingerprint density at radius 2 is 2.05 bits per heavy atom. The number of methoxy groups -OCH3 is 1. The predicted octanol–water partition coefficient (Wildman–Crippen LogP) is 4.18. The van der Waals surface area contributed by atoms with Crippen molar-refractivity contribution in [1.82, 2.24) is 4.98 Å². The maximum Gasteiger partial charge on any atom is 0.358 e. The first-order chi connectivity index (χ1) is 9.92. The van der Waals surface area contributed by atoms with Crippen LogP contribution in [0.25, 0.3) is 0 Å². The van der Waals surface area contributed by atoms with Crippen molar-refractivity contribution in [1.29, 1.82) is 0 Å². The molecule has 2 rings (SSSR count). The molecule has 21 heavy (non-hydrogen) atoms. The minimum absolute atomic E-state index is 0.0179. The number of aromatic nitrogens is 1. The van der Waals surface area contributed by atoms with Gasteiger partial charge in [0.25, 0.3) is 0 Å². The quantitative estimate of drug-likeness (QED) is 0.665. The van der Waals surface area contributed by atoms with Crippen LogP contribution in [0.2, 0.25) is 10.0 Å². The van der Waals surface area contributed by atoms with Crippen LogP contribution >= 0.6 is 34.5 Å². The smallest absolute Gasteiger partial charge is 0.358 e. The first-order valence-electron chi connectivity index (χ1n) is 5.74. The van der Waals surface area contributed by atoms with Gasteiger partial charge < -0.3 is 10.1 Å². The standard InChI is InChI=1S/C13H10Cl2N2O3S/c1-6(18)11-10(12(19)20-2)17-13(21-11)16-9-5-7(14)3-4-8(9)15/h3-5H,1-2H3,(H,16,17). The Kier molecular flexibility index (Phi) is 4.82. The highest BCUT2D eigenvalue weighted by molar-refractivity contribution is 7.17. The van der Waals surface area contributed by atoms with Gasteiger partial charge in [-0.1, -0.05) is 34.5 Å². The third-order valence-corrected chi connectivity index (χ3v) is 4.13. The molecule has 0 bridgehead atoms. The second-order valence-corrected chi connectivity index (χ2v) is 5.84. The van der Waals surface area contributed by atoms with E-state index in [4.69, 9.17) is 23.2 Å². The molecule has 1 N–H and O–H groups in total. The van der Waals surface area contributed by atoms with Crippen LogP contribution in [0.5, 0.6) is 0 Å². The Balaban J connectivity index is 2.39. The molecule has 0 aliphatic carbocycles. The third-order valence-electron chi connectivity index (χ3n) is 2.50. The summed E-state index contributed by atoms with van der Waals surface area (Å²) >= 11 is 13.0. The van der Waals surface area contributed by atoms with Crippen molar-refractivity contribution < 1.29 is 14.3 Å². The van der Waals surface area contributed by atoms with Crippen LogP contribution in [-0.2, 0) is 4.74 Å². The van der Waals surface area contributed by atoms with Crippen molar-refractivity contribution in [2.24, 2.45) is 0 Å². The molecule has 0 radical (unpaired) electrons. The van der Waals surface area contributed by atoms with Gasteiger partial charge in [-0.15, -0.1) is 0 Å². The van der Waals surface area contributed by atoms with Crippen LogP contribution in [-0.4, -0.2) is 23.8 Å². The van der Waals surface area contributed by atoms with Gasteiger partial charge in [0.15, 0.2) is 16.6 Å². The number of anilines is 2. The number of ether oxygens (including phenoxy) is 1. The number of thiazole rings is 1. The zero-order valence-corrected chi connectivity index (χ0v) is 13.4. The molecule has 0 saturated carbocycles. The third kappa shape index (κ3) is 3.53. The maximum absolute atomic E-state index is 11.6. The topological polar surface area (TPSA) is 68.3 Å². The van der Waals surface area contributed by atoms with E-state index in [2.05, 4.69) is 15.0 Å². The predicted molar refractivity (Wildman–Crippen MR) is 83.2 cm³/mol. The van der Waals surface area contributed by atoms with Crippen molar-refractivity contribution in [2.45, 2.75) is 6.92 Å². The lowest BCUT2D eigenvalue weighted by Crippen LogP contribution is -2.07. The maximum atomic E-state index is 11.6. The van der Waals surface area contributed by atoms with Gasteiger partial charge in [-0.2, -0.15) is 0 Å². The van der Waals surface area contributed by atoms with Gasteiger partial charge in [-0.25, -0.2) is 9.78 Å². The summed E-state index contributed by atoms with van der Waals surface area (Å²) in [7, 11) is 1.23. The fourth-order valence-corrected chi connectivity index (χ4v) is 2.75. The van der Waals surface area contributed by atoms with Crippen LogP contribution < -0.4 is 5.32 Å². The second-order valence-electron chi connectivity index (χ2n) is 3.99. The molecule has 0 fully saturated rings. The number of rotatable bonds is 4. The van der Waals surface area contributed by atoms with Crippen LogP contribution in [0.4, 0.5) is 10.8 Å². The molecule has 8 heteroatoms. The molecule has 0 amide bonds. The summed E-state index contributed by atoms with van der Waals surface area (Å²) < 4.78 is 4.61. The highest BCUT2D eigenvalue weighted by Crippen LogP contribution is 2.32. The van der Waals surface area contributed by atoms with Crippen molar-refractivity contribution in [3.8, 4) is 0 Å². The van der Waals surface area contributed by atoms with Crippen molar-refractivity contribution in [3.05, 3.63) is 38.8 Å². The molecule has 5 nitrogen and oxygen atoms in total. The molecule has 0 unspecified atom stereocenters. The summed E-state index contributed by atoms with van der Waals surface area (Å²) in [5, 5.41) is 4.23. The number of nitrogens with zero attached hydrogens (tertiary/aromatic N) is 1. The number of Topliss-reactive ketones (excluding diaryl/α,β-unsaturated/α-hetero) is 1. The number of nitrogens with one attached hydrogen (secondary N) is 1. The summed E-state index contributed by atoms with van der Waals surface area (Å²) in [6, 6.07) is 4.90. The van der Waals surface area contributed by atoms with Crippen molar-refractivity contribution >= 4 is 57.1 Å². The van der Waals surface area contributed by atoms with Gasteiger partial charge >= 0.3 is 5.97 Å². The Morgan fingerprint density at radius 1 is 1.33 bits per heavy atom. The highest BCUT2D eigenvalue weighted by atomic mass is 35.5. The Bertz CT molecular complexity index is 715. The van der Waals surface area contributed by atoms with Crippen LogP contribution in [0.1, 0.15) is 27.1 Å². The van der Waals surface area contributed by atoms with E-state index in [0.717, 1.165) is 11.3 Å². The monoisotopic (exact) mass is 344 g/mol. The van der Waals surface area contributed by atoms with Crippen molar-refractivity contribution in [2.75, 3.05) is 12.4 Å². The Morgan fingerprint density at radius 3 is 2.67 bits per heavy atom. The Hall–Kier alpha value is -1.63. The summed E-state index contributed by atoms with van der Waals surface area (Å²) in [5.41, 5.74) is 0.514. The van der Waals surface area contributed by atoms with E-state index in [-0.39, 0.29) is 16.4 Å². The number of carbonyl (C=O) groups is 2. The number of ketones is 1. The summed E-state index contributed by atoms with van der Waals surface area (Å²) in [5.74, 6) is -0.931. The molecule has 0 atom stereocenters. The van der Waals surface area contributed by atoms with E-state index in [1.165, 1.54) is 14.0 Å². The van der Waals surface area contributed by atoms with Crippen molar-refractivity contribution in [3.63, 3.8) is 0 Å². The molecule has 2 aromatic rings. The van der Waals surface area contributed by atoms with E-state index < -0.39 is 5.97 Å². The average molecular weight is 345 g/mol. The minimum Gasteiger partial charge on any atom is -0.464 e. The van der Waals surface area contributed by atoms with Gasteiger partial charge in [0, 0.05) is 11.9 Å². The second kappa shape index (κ2) is 6.43. The molecule has 1 aromatic carbocycles. The van der Waals surface area contributed by atoms with Crippen LogP contribution in [0.15, 0.2) is 18.2 Å². The lowest BCUT2D eigenvalue weighted by molar-refractivity contribution is 0.0591. The molecule has 0 spiro atoms. The van der Waals surface area contributed by atoms with Gasteiger partial charge in [-0.3, -0.25) is 4.79 Å². The first kappa shape index (κ1) is 15.8. The van der Waals surface area contributed by atoms with E-state index >= 15 is 0 Å². The molecule has 0 saturated heterocycles. The number of hydrogen-bond donors (Lipinski definition) is 1. The summed E-state index contributed by atoms with van der Waals surface area (Å²) in [6.07, 6.45) is 0. The molecule has 1 aromatic heterocycles. The lowest BCUT2D eigenvalue weighted by Gasteiger charge is -2.05. The van der Waals surface area contributed by atoms with Gasteiger partial charge in [0.2, 0.25) is 0 Å².